The highest BCUT2D eigenvalue weighted by Gasteiger charge is 2.40. The Morgan fingerprint density at radius 3 is 2.24 bits per heavy atom. The van der Waals surface area contributed by atoms with Crippen molar-refractivity contribution in [2.24, 2.45) is 17.3 Å². The van der Waals surface area contributed by atoms with Gasteiger partial charge in [-0.1, -0.05) is 46.0 Å². The lowest BCUT2D eigenvalue weighted by Gasteiger charge is -2.43. The molecule has 17 heavy (non-hydrogen) atoms. The lowest BCUT2D eigenvalue weighted by atomic mass is 9.65. The van der Waals surface area contributed by atoms with E-state index in [-0.39, 0.29) is 0 Å². The summed E-state index contributed by atoms with van der Waals surface area (Å²) < 4.78 is 0. The summed E-state index contributed by atoms with van der Waals surface area (Å²) in [7, 11) is 0. The van der Waals surface area contributed by atoms with E-state index in [4.69, 9.17) is 0 Å². The molecule has 2 aliphatic rings. The van der Waals surface area contributed by atoms with Gasteiger partial charge < -0.3 is 5.32 Å². The van der Waals surface area contributed by atoms with E-state index in [2.05, 4.69) is 19.2 Å². The molecule has 2 fully saturated rings. The van der Waals surface area contributed by atoms with Crippen molar-refractivity contribution in [3.8, 4) is 0 Å². The Morgan fingerprint density at radius 2 is 1.65 bits per heavy atom. The van der Waals surface area contributed by atoms with Crippen molar-refractivity contribution in [3.05, 3.63) is 0 Å². The van der Waals surface area contributed by atoms with E-state index in [9.17, 15) is 0 Å². The minimum Gasteiger partial charge on any atom is -0.316 e. The maximum Gasteiger partial charge on any atom is 0.00106 e. The van der Waals surface area contributed by atoms with Gasteiger partial charge in [0.25, 0.3) is 0 Å². The van der Waals surface area contributed by atoms with Crippen molar-refractivity contribution >= 4 is 0 Å². The summed E-state index contributed by atoms with van der Waals surface area (Å²) in [6.45, 7) is 7.14. The molecule has 0 saturated heterocycles. The Hall–Kier alpha value is -0.0400. The van der Waals surface area contributed by atoms with E-state index in [1.165, 1.54) is 70.9 Å². The molecule has 2 aliphatic carbocycles. The normalized spacial score (nSPS) is 25.6. The standard InChI is InChI=1S/C16H31N/c1-14(2)12-17-13-16(10-6-3-7-11-16)15-8-4-5-9-15/h14-15,17H,3-13H2,1-2H3. The predicted molar refractivity (Wildman–Crippen MR) is 75.2 cm³/mol. The van der Waals surface area contributed by atoms with Crippen LogP contribution in [0.2, 0.25) is 0 Å². The number of hydrogen-bond acceptors (Lipinski definition) is 1. The molecule has 0 unspecified atom stereocenters. The molecule has 0 atom stereocenters. The lowest BCUT2D eigenvalue weighted by Crippen LogP contribution is -2.42. The maximum absolute atomic E-state index is 3.77. The van der Waals surface area contributed by atoms with Gasteiger partial charge in [0.1, 0.15) is 0 Å². The Labute approximate surface area is 108 Å². The van der Waals surface area contributed by atoms with Gasteiger partial charge in [0.2, 0.25) is 0 Å². The zero-order valence-electron chi connectivity index (χ0n) is 11.9. The first kappa shape index (κ1) is 13.4. The van der Waals surface area contributed by atoms with E-state index < -0.39 is 0 Å². The largest absolute Gasteiger partial charge is 0.316 e. The molecule has 1 nitrogen and oxygen atoms in total. The minimum absolute atomic E-state index is 0.684. The molecule has 0 aromatic heterocycles. The Kier molecular flexibility index (Phi) is 4.90. The highest BCUT2D eigenvalue weighted by atomic mass is 14.9. The van der Waals surface area contributed by atoms with Crippen LogP contribution >= 0.6 is 0 Å². The van der Waals surface area contributed by atoms with Gasteiger partial charge in [-0.15, -0.1) is 0 Å². The second kappa shape index (κ2) is 6.22. The van der Waals surface area contributed by atoms with E-state index >= 15 is 0 Å². The van der Waals surface area contributed by atoms with Crippen LogP contribution in [0.25, 0.3) is 0 Å². The fourth-order valence-corrected chi connectivity index (χ4v) is 4.13. The summed E-state index contributed by atoms with van der Waals surface area (Å²) >= 11 is 0. The second-order valence-corrected chi connectivity index (χ2v) is 6.93. The Balaban J connectivity index is 1.91. The Morgan fingerprint density at radius 1 is 1.00 bits per heavy atom. The summed E-state index contributed by atoms with van der Waals surface area (Å²) in [6.07, 6.45) is 13.5. The van der Waals surface area contributed by atoms with Gasteiger partial charge in [0, 0.05) is 6.54 Å². The third-order valence-electron chi connectivity index (χ3n) is 5.10. The lowest BCUT2D eigenvalue weighted by molar-refractivity contribution is 0.0958. The fraction of sp³-hybridized carbons (Fsp3) is 1.00. The molecular weight excluding hydrogens is 206 g/mol. The zero-order chi connectivity index (χ0) is 12.1. The van der Waals surface area contributed by atoms with Crippen LogP contribution in [-0.2, 0) is 0 Å². The third kappa shape index (κ3) is 3.47. The van der Waals surface area contributed by atoms with Gasteiger partial charge in [-0.25, -0.2) is 0 Å². The molecule has 0 heterocycles. The van der Waals surface area contributed by atoms with Gasteiger partial charge in [-0.05, 0) is 49.5 Å². The van der Waals surface area contributed by atoms with Gasteiger partial charge >= 0.3 is 0 Å². The molecule has 0 aromatic carbocycles. The van der Waals surface area contributed by atoms with Crippen molar-refractivity contribution < 1.29 is 0 Å². The van der Waals surface area contributed by atoms with E-state index in [0.29, 0.717) is 5.41 Å². The summed E-state index contributed by atoms with van der Waals surface area (Å²) in [4.78, 5) is 0. The highest BCUT2D eigenvalue weighted by Crippen LogP contribution is 2.48. The molecule has 2 rings (SSSR count). The number of nitrogens with one attached hydrogen (secondary N) is 1. The highest BCUT2D eigenvalue weighted by molar-refractivity contribution is 4.92. The molecular formula is C16H31N. The molecule has 0 aromatic rings. The molecule has 2 saturated carbocycles. The minimum atomic E-state index is 0.684. The number of rotatable bonds is 5. The topological polar surface area (TPSA) is 12.0 Å². The average molecular weight is 237 g/mol. The summed E-state index contributed by atoms with van der Waals surface area (Å²) in [6, 6.07) is 0. The van der Waals surface area contributed by atoms with Crippen LogP contribution in [0.1, 0.15) is 71.6 Å². The average Bonchev–Trinajstić information content (AvgIpc) is 2.83. The van der Waals surface area contributed by atoms with E-state index in [0.717, 1.165) is 11.8 Å². The first-order valence-electron chi connectivity index (χ1n) is 7.94. The van der Waals surface area contributed by atoms with Crippen molar-refractivity contribution in [2.45, 2.75) is 71.6 Å². The molecule has 1 N–H and O–H groups in total. The molecule has 100 valence electrons. The first-order chi connectivity index (χ1) is 8.23. The molecule has 0 spiro atoms. The Bertz CT molecular complexity index is 210. The van der Waals surface area contributed by atoms with Crippen molar-refractivity contribution in [1.82, 2.24) is 5.32 Å². The van der Waals surface area contributed by atoms with Crippen LogP contribution in [0.5, 0.6) is 0 Å². The van der Waals surface area contributed by atoms with Crippen LogP contribution < -0.4 is 5.32 Å². The van der Waals surface area contributed by atoms with Crippen molar-refractivity contribution in [1.29, 1.82) is 0 Å². The second-order valence-electron chi connectivity index (χ2n) is 6.93. The van der Waals surface area contributed by atoms with Gasteiger partial charge in [0.05, 0.1) is 0 Å². The van der Waals surface area contributed by atoms with E-state index in [1.54, 1.807) is 0 Å². The molecule has 0 aliphatic heterocycles. The van der Waals surface area contributed by atoms with Crippen LogP contribution in [0.15, 0.2) is 0 Å². The van der Waals surface area contributed by atoms with Crippen molar-refractivity contribution in [2.75, 3.05) is 13.1 Å². The third-order valence-corrected chi connectivity index (χ3v) is 5.10. The number of hydrogen-bond donors (Lipinski definition) is 1. The first-order valence-corrected chi connectivity index (χ1v) is 7.94. The van der Waals surface area contributed by atoms with Crippen LogP contribution in [0.3, 0.4) is 0 Å². The SMILES string of the molecule is CC(C)CNCC1(C2CCCC2)CCCCC1. The molecule has 0 radical (unpaired) electrons. The van der Waals surface area contributed by atoms with Crippen LogP contribution in [0, 0.1) is 17.3 Å². The van der Waals surface area contributed by atoms with Crippen molar-refractivity contribution in [3.63, 3.8) is 0 Å². The smallest absolute Gasteiger partial charge is 0.00106 e. The molecule has 0 bridgehead atoms. The fourth-order valence-electron chi connectivity index (χ4n) is 4.13. The van der Waals surface area contributed by atoms with Gasteiger partial charge in [-0.3, -0.25) is 0 Å². The summed E-state index contributed by atoms with van der Waals surface area (Å²) in [5.41, 5.74) is 0.684. The molecule has 1 heteroatoms. The predicted octanol–water partition coefficient (Wildman–Crippen LogP) is 4.37. The maximum atomic E-state index is 3.77. The quantitative estimate of drug-likeness (QED) is 0.748. The van der Waals surface area contributed by atoms with Gasteiger partial charge in [0.15, 0.2) is 0 Å². The summed E-state index contributed by atoms with van der Waals surface area (Å²) in [5.74, 6) is 1.83. The monoisotopic (exact) mass is 237 g/mol. The molecule has 0 amide bonds. The summed E-state index contributed by atoms with van der Waals surface area (Å²) in [5, 5.41) is 3.77. The van der Waals surface area contributed by atoms with E-state index in [1.807, 2.05) is 0 Å². The zero-order valence-corrected chi connectivity index (χ0v) is 11.9. The van der Waals surface area contributed by atoms with Crippen LogP contribution in [0.4, 0.5) is 0 Å². The van der Waals surface area contributed by atoms with Gasteiger partial charge in [-0.2, -0.15) is 0 Å². The van der Waals surface area contributed by atoms with Crippen LogP contribution in [-0.4, -0.2) is 13.1 Å².